The van der Waals surface area contributed by atoms with Gasteiger partial charge in [-0.25, -0.2) is 4.39 Å². The molecule has 19 heavy (non-hydrogen) atoms. The van der Waals surface area contributed by atoms with Crippen LogP contribution in [0, 0.1) is 18.2 Å². The Morgan fingerprint density at radius 3 is 2.53 bits per heavy atom. The highest BCUT2D eigenvalue weighted by Gasteiger charge is 2.27. The minimum absolute atomic E-state index is 0.179. The maximum atomic E-state index is 13.4. The van der Waals surface area contributed by atoms with E-state index in [0.29, 0.717) is 17.3 Å². The van der Waals surface area contributed by atoms with Gasteiger partial charge in [-0.2, -0.15) is 4.98 Å². The Bertz CT molecular complexity index is 566. The van der Waals surface area contributed by atoms with Crippen molar-refractivity contribution in [1.82, 2.24) is 10.1 Å². The number of aryl methyl sites for hydroxylation is 1. The molecule has 0 unspecified atom stereocenters. The zero-order valence-electron chi connectivity index (χ0n) is 11.6. The van der Waals surface area contributed by atoms with E-state index in [1.807, 2.05) is 27.7 Å². The predicted molar refractivity (Wildman–Crippen MR) is 70.8 cm³/mol. The van der Waals surface area contributed by atoms with Gasteiger partial charge < -0.3 is 10.3 Å². The lowest BCUT2D eigenvalue weighted by Crippen LogP contribution is -2.26. The molecule has 1 aromatic heterocycles. The zero-order valence-corrected chi connectivity index (χ0v) is 11.6. The molecule has 1 aromatic carbocycles. The van der Waals surface area contributed by atoms with Crippen molar-refractivity contribution in [2.75, 3.05) is 0 Å². The molecule has 0 radical (unpaired) electrons. The van der Waals surface area contributed by atoms with E-state index in [9.17, 15) is 4.39 Å². The third-order valence-corrected chi connectivity index (χ3v) is 2.94. The van der Waals surface area contributed by atoms with Crippen LogP contribution in [0.4, 0.5) is 4.39 Å². The molecule has 0 aliphatic heterocycles. The Balaban J connectivity index is 2.36. The topological polar surface area (TPSA) is 64.9 Å². The molecule has 1 atom stereocenters. The van der Waals surface area contributed by atoms with E-state index in [1.165, 1.54) is 12.1 Å². The van der Waals surface area contributed by atoms with Crippen LogP contribution in [-0.4, -0.2) is 10.1 Å². The molecular formula is C14H18FN3O. The van der Waals surface area contributed by atoms with Gasteiger partial charge in [0.25, 0.3) is 0 Å². The van der Waals surface area contributed by atoms with Gasteiger partial charge in [0.05, 0.1) is 6.04 Å². The molecule has 5 heteroatoms. The fraction of sp³-hybridized carbons (Fsp3) is 0.429. The van der Waals surface area contributed by atoms with Crippen LogP contribution >= 0.6 is 0 Å². The minimum atomic E-state index is -0.358. The van der Waals surface area contributed by atoms with Gasteiger partial charge in [0.1, 0.15) is 5.82 Å². The molecule has 2 N–H and O–H groups in total. The van der Waals surface area contributed by atoms with Crippen molar-refractivity contribution in [3.63, 3.8) is 0 Å². The lowest BCUT2D eigenvalue weighted by molar-refractivity contribution is 0.253. The SMILES string of the molecule is Cc1cc(F)cc(-c2noc([C@@H](N)C(C)(C)C)n2)c1. The van der Waals surface area contributed by atoms with E-state index in [2.05, 4.69) is 10.1 Å². The number of nitrogens with two attached hydrogens (primary N) is 1. The highest BCUT2D eigenvalue weighted by Crippen LogP contribution is 2.30. The monoisotopic (exact) mass is 263 g/mol. The predicted octanol–water partition coefficient (Wildman–Crippen LogP) is 3.23. The average molecular weight is 263 g/mol. The van der Waals surface area contributed by atoms with Crippen LogP contribution in [0.25, 0.3) is 11.4 Å². The molecule has 0 fully saturated rings. The number of aromatic nitrogens is 2. The van der Waals surface area contributed by atoms with Gasteiger partial charge in [-0.15, -0.1) is 0 Å². The first kappa shape index (κ1) is 13.7. The van der Waals surface area contributed by atoms with Crippen molar-refractivity contribution in [2.45, 2.75) is 33.7 Å². The standard InChI is InChI=1S/C14H18FN3O/c1-8-5-9(7-10(15)6-8)12-17-13(19-18-12)11(16)14(2,3)4/h5-7,11H,16H2,1-4H3/t11-/m1/s1. The van der Waals surface area contributed by atoms with Crippen LogP contribution in [0.3, 0.4) is 0 Å². The van der Waals surface area contributed by atoms with E-state index in [-0.39, 0.29) is 17.3 Å². The normalized spacial score (nSPS) is 13.6. The van der Waals surface area contributed by atoms with Gasteiger partial charge in [0.2, 0.25) is 11.7 Å². The largest absolute Gasteiger partial charge is 0.337 e. The lowest BCUT2D eigenvalue weighted by atomic mass is 9.87. The van der Waals surface area contributed by atoms with Crippen LogP contribution in [-0.2, 0) is 0 Å². The molecular weight excluding hydrogens is 245 g/mol. The van der Waals surface area contributed by atoms with Gasteiger partial charge >= 0.3 is 0 Å². The second kappa shape index (κ2) is 4.74. The lowest BCUT2D eigenvalue weighted by Gasteiger charge is -2.23. The summed E-state index contributed by atoms with van der Waals surface area (Å²) in [5.74, 6) is 0.406. The van der Waals surface area contributed by atoms with Gasteiger partial charge in [0.15, 0.2) is 0 Å². The van der Waals surface area contributed by atoms with Crippen LogP contribution in [0.5, 0.6) is 0 Å². The third-order valence-electron chi connectivity index (χ3n) is 2.94. The van der Waals surface area contributed by atoms with Crippen LogP contribution < -0.4 is 5.73 Å². The van der Waals surface area contributed by atoms with E-state index >= 15 is 0 Å². The van der Waals surface area contributed by atoms with Crippen LogP contribution in [0.2, 0.25) is 0 Å². The van der Waals surface area contributed by atoms with Crippen molar-refractivity contribution >= 4 is 0 Å². The number of halogens is 1. The summed E-state index contributed by atoms with van der Waals surface area (Å²) in [6.07, 6.45) is 0. The molecule has 102 valence electrons. The van der Waals surface area contributed by atoms with Crippen molar-refractivity contribution in [1.29, 1.82) is 0 Å². The van der Waals surface area contributed by atoms with Gasteiger partial charge in [-0.1, -0.05) is 25.9 Å². The van der Waals surface area contributed by atoms with Gasteiger partial charge in [-0.3, -0.25) is 0 Å². The number of hydrogen-bond acceptors (Lipinski definition) is 4. The second-order valence-electron chi connectivity index (χ2n) is 5.82. The molecule has 2 rings (SSSR count). The molecule has 0 spiro atoms. The van der Waals surface area contributed by atoms with Crippen molar-refractivity contribution in [2.24, 2.45) is 11.1 Å². The summed E-state index contributed by atoms with van der Waals surface area (Å²) in [7, 11) is 0. The number of nitrogens with zero attached hydrogens (tertiary/aromatic N) is 2. The van der Waals surface area contributed by atoms with E-state index in [1.54, 1.807) is 6.07 Å². The summed E-state index contributed by atoms with van der Waals surface area (Å²) in [5.41, 5.74) is 7.27. The summed E-state index contributed by atoms with van der Waals surface area (Å²) < 4.78 is 18.5. The van der Waals surface area contributed by atoms with Crippen molar-refractivity contribution in [3.05, 3.63) is 35.5 Å². The Morgan fingerprint density at radius 2 is 1.95 bits per heavy atom. The average Bonchev–Trinajstić information content (AvgIpc) is 2.74. The summed E-state index contributed by atoms with van der Waals surface area (Å²) in [6.45, 7) is 7.80. The van der Waals surface area contributed by atoms with Gasteiger partial charge in [0, 0.05) is 5.56 Å². The fourth-order valence-corrected chi connectivity index (χ4v) is 1.71. The molecule has 2 aromatic rings. The minimum Gasteiger partial charge on any atom is -0.337 e. The first-order valence-electron chi connectivity index (χ1n) is 6.14. The molecule has 0 saturated heterocycles. The maximum Gasteiger partial charge on any atom is 0.244 e. The Hall–Kier alpha value is -1.75. The molecule has 1 heterocycles. The Labute approximate surface area is 111 Å². The number of hydrogen-bond donors (Lipinski definition) is 1. The Morgan fingerprint density at radius 1 is 1.26 bits per heavy atom. The molecule has 0 amide bonds. The quantitative estimate of drug-likeness (QED) is 0.903. The number of rotatable bonds is 2. The van der Waals surface area contributed by atoms with Crippen molar-refractivity contribution in [3.8, 4) is 11.4 Å². The highest BCUT2D eigenvalue weighted by molar-refractivity contribution is 5.55. The Kier molecular flexibility index (Phi) is 3.41. The molecule has 0 bridgehead atoms. The first-order valence-corrected chi connectivity index (χ1v) is 6.14. The summed E-state index contributed by atoms with van der Waals surface area (Å²) in [4.78, 5) is 4.26. The maximum absolute atomic E-state index is 13.4. The first-order chi connectivity index (χ1) is 8.77. The summed E-state index contributed by atoms with van der Waals surface area (Å²) >= 11 is 0. The smallest absolute Gasteiger partial charge is 0.244 e. The van der Waals surface area contributed by atoms with Crippen LogP contribution in [0.1, 0.15) is 38.3 Å². The van der Waals surface area contributed by atoms with E-state index in [0.717, 1.165) is 5.56 Å². The van der Waals surface area contributed by atoms with E-state index < -0.39 is 0 Å². The fourth-order valence-electron chi connectivity index (χ4n) is 1.71. The van der Waals surface area contributed by atoms with E-state index in [4.69, 9.17) is 10.3 Å². The zero-order chi connectivity index (χ0) is 14.2. The summed E-state index contributed by atoms with van der Waals surface area (Å²) in [6, 6.07) is 4.28. The summed E-state index contributed by atoms with van der Waals surface area (Å²) in [5, 5.41) is 3.87. The second-order valence-corrected chi connectivity index (χ2v) is 5.82. The van der Waals surface area contributed by atoms with Crippen LogP contribution in [0.15, 0.2) is 22.7 Å². The molecule has 0 aliphatic carbocycles. The van der Waals surface area contributed by atoms with Gasteiger partial charge in [-0.05, 0) is 36.1 Å². The molecule has 0 saturated carbocycles. The highest BCUT2D eigenvalue weighted by atomic mass is 19.1. The third kappa shape index (κ3) is 2.98. The van der Waals surface area contributed by atoms with Crippen molar-refractivity contribution < 1.29 is 8.91 Å². The molecule has 4 nitrogen and oxygen atoms in total. The molecule has 0 aliphatic rings. The number of benzene rings is 1.